The van der Waals surface area contributed by atoms with E-state index in [-0.39, 0.29) is 17.6 Å². The Balaban J connectivity index is 1.72. The molecule has 1 fully saturated rings. The van der Waals surface area contributed by atoms with Crippen molar-refractivity contribution in [2.45, 2.75) is 32.1 Å². The van der Waals surface area contributed by atoms with Crippen LogP contribution in [0.1, 0.15) is 18.4 Å². The predicted molar refractivity (Wildman–Crippen MR) is 97.6 cm³/mol. The Morgan fingerprint density at radius 3 is 2.85 bits per heavy atom. The molecule has 152 valence electrons. The molecule has 7 nitrogen and oxygen atoms in total. The Morgan fingerprint density at radius 2 is 2.19 bits per heavy atom. The zero-order valence-corrected chi connectivity index (χ0v) is 15.7. The van der Waals surface area contributed by atoms with Gasteiger partial charge in [-0.1, -0.05) is 6.07 Å². The standard InChI is InChI=1S/C18H27F2N3O4/c1-21-18(22-7-3-8-26-14-6-9-25-12-14)23-11-13-4-5-15(24-2)16(10-13)27-17(19)20/h4-5,10,14,17H,3,6-9,11-12H2,1-2H3,(H2,21,22,23). The maximum absolute atomic E-state index is 12.5. The number of hydrogen-bond donors (Lipinski definition) is 2. The highest BCUT2D eigenvalue weighted by molar-refractivity contribution is 5.79. The third-order valence-electron chi connectivity index (χ3n) is 3.98. The lowest BCUT2D eigenvalue weighted by molar-refractivity contribution is -0.0512. The van der Waals surface area contributed by atoms with Crippen LogP contribution in [0.3, 0.4) is 0 Å². The van der Waals surface area contributed by atoms with Gasteiger partial charge >= 0.3 is 6.61 Å². The van der Waals surface area contributed by atoms with E-state index < -0.39 is 6.61 Å². The first kappa shape index (κ1) is 21.2. The number of benzene rings is 1. The van der Waals surface area contributed by atoms with Crippen molar-refractivity contribution in [1.29, 1.82) is 0 Å². The van der Waals surface area contributed by atoms with Crippen molar-refractivity contribution in [2.75, 3.05) is 40.5 Å². The summed E-state index contributed by atoms with van der Waals surface area (Å²) >= 11 is 0. The van der Waals surface area contributed by atoms with Gasteiger partial charge in [0.15, 0.2) is 17.5 Å². The Bertz CT molecular complexity index is 596. The smallest absolute Gasteiger partial charge is 0.387 e. The number of hydrogen-bond acceptors (Lipinski definition) is 5. The lowest BCUT2D eigenvalue weighted by Crippen LogP contribution is -2.37. The zero-order chi connectivity index (χ0) is 19.5. The molecule has 9 heteroatoms. The SMILES string of the molecule is CN=C(NCCCOC1CCOC1)NCc1ccc(OC)c(OC(F)F)c1. The molecule has 1 heterocycles. The van der Waals surface area contributed by atoms with Gasteiger partial charge in [-0.05, 0) is 30.5 Å². The van der Waals surface area contributed by atoms with Crippen LogP contribution in [-0.4, -0.2) is 59.2 Å². The highest BCUT2D eigenvalue weighted by atomic mass is 19.3. The van der Waals surface area contributed by atoms with Crippen LogP contribution in [-0.2, 0) is 16.0 Å². The first-order valence-corrected chi connectivity index (χ1v) is 8.88. The molecule has 1 aromatic carbocycles. The van der Waals surface area contributed by atoms with E-state index in [1.165, 1.54) is 13.2 Å². The summed E-state index contributed by atoms with van der Waals surface area (Å²) in [7, 11) is 3.07. The number of aliphatic imine (C=N–C) groups is 1. The molecule has 1 aliphatic heterocycles. The number of halogens is 2. The van der Waals surface area contributed by atoms with Crippen LogP contribution in [0.15, 0.2) is 23.2 Å². The summed E-state index contributed by atoms with van der Waals surface area (Å²) in [5.41, 5.74) is 0.763. The molecule has 0 radical (unpaired) electrons. The summed E-state index contributed by atoms with van der Waals surface area (Å²) in [5, 5.41) is 6.32. The van der Waals surface area contributed by atoms with Crippen molar-refractivity contribution in [3.8, 4) is 11.5 Å². The highest BCUT2D eigenvalue weighted by Gasteiger charge is 2.15. The van der Waals surface area contributed by atoms with Crippen molar-refractivity contribution in [3.05, 3.63) is 23.8 Å². The second-order valence-electron chi connectivity index (χ2n) is 5.93. The van der Waals surface area contributed by atoms with Gasteiger partial charge in [0.2, 0.25) is 0 Å². The molecule has 1 aliphatic rings. The Labute approximate surface area is 158 Å². The van der Waals surface area contributed by atoms with Gasteiger partial charge in [0.05, 0.1) is 19.8 Å². The van der Waals surface area contributed by atoms with E-state index in [0.717, 1.165) is 25.0 Å². The minimum atomic E-state index is -2.91. The van der Waals surface area contributed by atoms with E-state index in [1.54, 1.807) is 19.2 Å². The minimum absolute atomic E-state index is 0.00258. The van der Waals surface area contributed by atoms with Gasteiger partial charge in [0.25, 0.3) is 0 Å². The third-order valence-corrected chi connectivity index (χ3v) is 3.98. The first-order valence-electron chi connectivity index (χ1n) is 8.88. The molecule has 0 spiro atoms. The maximum Gasteiger partial charge on any atom is 0.387 e. The molecule has 2 N–H and O–H groups in total. The second-order valence-corrected chi connectivity index (χ2v) is 5.93. The fourth-order valence-electron chi connectivity index (χ4n) is 2.60. The molecule has 1 aromatic rings. The molecule has 1 atom stereocenters. The van der Waals surface area contributed by atoms with Gasteiger partial charge in [-0.25, -0.2) is 0 Å². The largest absolute Gasteiger partial charge is 0.493 e. The molecular weight excluding hydrogens is 360 g/mol. The number of guanidine groups is 1. The van der Waals surface area contributed by atoms with Gasteiger partial charge in [0.1, 0.15) is 0 Å². The fourth-order valence-corrected chi connectivity index (χ4v) is 2.60. The molecule has 0 aromatic heterocycles. The third kappa shape index (κ3) is 7.56. The van der Waals surface area contributed by atoms with Gasteiger partial charge in [-0.3, -0.25) is 4.99 Å². The van der Waals surface area contributed by atoms with Crippen LogP contribution in [0.4, 0.5) is 8.78 Å². The van der Waals surface area contributed by atoms with Gasteiger partial charge < -0.3 is 29.6 Å². The minimum Gasteiger partial charge on any atom is -0.493 e. The molecule has 2 rings (SSSR count). The van der Waals surface area contributed by atoms with Crippen LogP contribution in [0, 0.1) is 0 Å². The number of nitrogens with zero attached hydrogens (tertiary/aromatic N) is 1. The van der Waals surface area contributed by atoms with E-state index in [9.17, 15) is 8.78 Å². The first-order chi connectivity index (χ1) is 13.1. The number of ether oxygens (including phenoxy) is 4. The molecule has 1 saturated heterocycles. The second kappa shape index (κ2) is 11.6. The van der Waals surface area contributed by atoms with Crippen LogP contribution >= 0.6 is 0 Å². The topological polar surface area (TPSA) is 73.3 Å². The van der Waals surface area contributed by atoms with Crippen LogP contribution < -0.4 is 20.1 Å². The number of rotatable bonds is 10. The summed E-state index contributed by atoms with van der Waals surface area (Å²) in [4.78, 5) is 4.14. The number of alkyl halides is 2. The molecule has 0 aliphatic carbocycles. The van der Waals surface area contributed by atoms with Crippen molar-refractivity contribution in [3.63, 3.8) is 0 Å². The van der Waals surface area contributed by atoms with Crippen LogP contribution in [0.5, 0.6) is 11.5 Å². The highest BCUT2D eigenvalue weighted by Crippen LogP contribution is 2.29. The quantitative estimate of drug-likeness (QED) is 0.364. The molecule has 0 bridgehead atoms. The Morgan fingerprint density at radius 1 is 1.33 bits per heavy atom. The summed E-state index contributed by atoms with van der Waals surface area (Å²) < 4.78 is 45.5. The predicted octanol–water partition coefficient (Wildman–Crippen LogP) is 2.16. The summed E-state index contributed by atoms with van der Waals surface area (Å²) in [6, 6.07) is 4.88. The monoisotopic (exact) mass is 387 g/mol. The maximum atomic E-state index is 12.5. The van der Waals surface area contributed by atoms with Crippen molar-refractivity contribution >= 4 is 5.96 Å². The Kier molecular flexibility index (Phi) is 9.06. The van der Waals surface area contributed by atoms with Gasteiger partial charge in [0, 0.05) is 33.4 Å². The van der Waals surface area contributed by atoms with Gasteiger partial charge in [-0.2, -0.15) is 8.78 Å². The lowest BCUT2D eigenvalue weighted by atomic mass is 10.2. The molecule has 0 saturated carbocycles. The summed E-state index contributed by atoms with van der Waals surface area (Å²) in [5.74, 6) is 0.878. The van der Waals surface area contributed by atoms with E-state index in [1.807, 2.05) is 0 Å². The van der Waals surface area contributed by atoms with E-state index in [4.69, 9.17) is 14.2 Å². The number of nitrogens with one attached hydrogen (secondary N) is 2. The summed E-state index contributed by atoms with van der Waals surface area (Å²) in [6.45, 7) is 0.305. The average molecular weight is 387 g/mol. The van der Waals surface area contributed by atoms with Gasteiger partial charge in [-0.15, -0.1) is 0 Å². The number of methoxy groups -OCH3 is 1. The molecule has 1 unspecified atom stereocenters. The van der Waals surface area contributed by atoms with E-state index in [2.05, 4.69) is 20.4 Å². The average Bonchev–Trinajstić information content (AvgIpc) is 3.17. The van der Waals surface area contributed by atoms with Crippen LogP contribution in [0.2, 0.25) is 0 Å². The normalized spacial score (nSPS) is 17.2. The fraction of sp³-hybridized carbons (Fsp3) is 0.611. The summed E-state index contributed by atoms with van der Waals surface area (Å²) in [6.07, 6.45) is 2.00. The van der Waals surface area contributed by atoms with Crippen LogP contribution in [0.25, 0.3) is 0 Å². The Hall–Kier alpha value is -2.13. The van der Waals surface area contributed by atoms with Crippen molar-refractivity contribution in [1.82, 2.24) is 10.6 Å². The van der Waals surface area contributed by atoms with E-state index in [0.29, 0.717) is 32.3 Å². The van der Waals surface area contributed by atoms with Crippen molar-refractivity contribution in [2.24, 2.45) is 4.99 Å². The molecule has 0 amide bonds. The van der Waals surface area contributed by atoms with E-state index >= 15 is 0 Å². The molecular formula is C18H27F2N3O4. The molecule has 27 heavy (non-hydrogen) atoms. The lowest BCUT2D eigenvalue weighted by Gasteiger charge is -2.14. The van der Waals surface area contributed by atoms with Crippen molar-refractivity contribution < 1.29 is 27.7 Å². The zero-order valence-electron chi connectivity index (χ0n) is 15.7.